The quantitative estimate of drug-likeness (QED) is 0.726. The summed E-state index contributed by atoms with van der Waals surface area (Å²) in [4.78, 5) is 17.4. The van der Waals surface area contributed by atoms with Gasteiger partial charge in [-0.1, -0.05) is 24.6 Å². The average molecular weight is 379 g/mol. The number of aryl methyl sites for hydroxylation is 1. The van der Waals surface area contributed by atoms with Gasteiger partial charge in [0.05, 0.1) is 17.1 Å². The maximum atomic E-state index is 11.6. The van der Waals surface area contributed by atoms with Crippen molar-refractivity contribution in [3.05, 3.63) is 58.2 Å². The monoisotopic (exact) mass is 379 g/mol. The van der Waals surface area contributed by atoms with Crippen molar-refractivity contribution < 1.29 is 9.53 Å². The van der Waals surface area contributed by atoms with Crippen molar-refractivity contribution in [1.29, 1.82) is 0 Å². The van der Waals surface area contributed by atoms with Crippen molar-refractivity contribution >= 4 is 28.6 Å². The number of anilines is 1. The molecule has 0 fully saturated rings. The van der Waals surface area contributed by atoms with E-state index in [0.29, 0.717) is 5.75 Å². The molecule has 27 heavy (non-hydrogen) atoms. The lowest BCUT2D eigenvalue weighted by Crippen LogP contribution is -2.25. The van der Waals surface area contributed by atoms with Crippen molar-refractivity contribution in [1.82, 2.24) is 4.57 Å². The number of hydrogen-bond donors (Lipinski definition) is 1. The number of carbonyl (C=O) groups is 1. The molecule has 1 aromatic heterocycles. The van der Waals surface area contributed by atoms with Gasteiger partial charge in [0, 0.05) is 17.5 Å². The minimum absolute atomic E-state index is 0.0697. The summed E-state index contributed by atoms with van der Waals surface area (Å²) in [5.74, 6) is 0.585. The maximum Gasteiger partial charge on any atom is 0.262 e. The van der Waals surface area contributed by atoms with Crippen LogP contribution in [0.4, 0.5) is 11.4 Å². The van der Waals surface area contributed by atoms with Crippen LogP contribution in [0.1, 0.15) is 18.9 Å². The number of hydrogen-bond acceptors (Lipinski definition) is 4. The lowest BCUT2D eigenvalue weighted by Gasteiger charge is -2.18. The van der Waals surface area contributed by atoms with Gasteiger partial charge in [-0.3, -0.25) is 4.79 Å². The zero-order valence-electron chi connectivity index (χ0n) is 15.4. The molecule has 1 aliphatic rings. The Bertz CT molecular complexity index is 1050. The average Bonchev–Trinajstić information content (AvgIpc) is 3.06. The summed E-state index contributed by atoms with van der Waals surface area (Å²) in [6, 6.07) is 14.1. The van der Waals surface area contributed by atoms with E-state index in [4.69, 9.17) is 9.73 Å². The van der Waals surface area contributed by atoms with Crippen molar-refractivity contribution in [2.75, 3.05) is 11.9 Å². The van der Waals surface area contributed by atoms with Gasteiger partial charge in [-0.2, -0.15) is 0 Å². The molecule has 0 aliphatic carbocycles. The van der Waals surface area contributed by atoms with Gasteiger partial charge in [0.1, 0.15) is 5.75 Å². The van der Waals surface area contributed by atoms with Gasteiger partial charge in [-0.25, -0.2) is 4.99 Å². The van der Waals surface area contributed by atoms with Crippen LogP contribution in [-0.4, -0.2) is 17.1 Å². The van der Waals surface area contributed by atoms with E-state index in [-0.39, 0.29) is 12.5 Å². The maximum absolute atomic E-state index is 11.6. The van der Waals surface area contributed by atoms with Crippen LogP contribution in [0.5, 0.6) is 5.75 Å². The van der Waals surface area contributed by atoms with E-state index in [1.807, 2.05) is 30.3 Å². The molecule has 2 heterocycles. The normalized spacial score (nSPS) is 13.9. The van der Waals surface area contributed by atoms with Crippen LogP contribution in [0.3, 0.4) is 0 Å². The third-order valence-corrected chi connectivity index (χ3v) is 5.28. The highest BCUT2D eigenvalue weighted by Gasteiger charge is 2.17. The second-order valence-corrected chi connectivity index (χ2v) is 7.39. The predicted molar refractivity (Wildman–Crippen MR) is 109 cm³/mol. The standard InChI is InChI=1S/C21H21N3O2S/c1-3-10-24-18(13-27-21(24)22-16-7-4-14(2)5-8-16)15-6-9-19-17(11-15)23-20(25)12-26-19/h4-9,11,13H,3,10,12H2,1-2H3,(H,23,25). The SMILES string of the molecule is CCCn1c(-c2ccc3c(c2)NC(=O)CO3)csc1=Nc1ccc(C)cc1. The Balaban J connectivity index is 1.78. The summed E-state index contributed by atoms with van der Waals surface area (Å²) in [5.41, 5.74) is 5.02. The molecule has 2 aromatic carbocycles. The van der Waals surface area contributed by atoms with Gasteiger partial charge in [0.25, 0.3) is 5.91 Å². The predicted octanol–water partition coefficient (Wildman–Crippen LogP) is 4.50. The summed E-state index contributed by atoms with van der Waals surface area (Å²) in [6.45, 7) is 5.18. The van der Waals surface area contributed by atoms with Gasteiger partial charge < -0.3 is 14.6 Å². The molecule has 0 saturated heterocycles. The highest BCUT2D eigenvalue weighted by molar-refractivity contribution is 7.07. The topological polar surface area (TPSA) is 55.6 Å². The first-order chi connectivity index (χ1) is 13.1. The summed E-state index contributed by atoms with van der Waals surface area (Å²) < 4.78 is 7.70. The van der Waals surface area contributed by atoms with E-state index in [1.165, 1.54) is 5.56 Å². The van der Waals surface area contributed by atoms with Crippen molar-refractivity contribution in [2.45, 2.75) is 26.8 Å². The molecule has 0 radical (unpaired) electrons. The largest absolute Gasteiger partial charge is 0.482 e. The second-order valence-electron chi connectivity index (χ2n) is 6.55. The fourth-order valence-electron chi connectivity index (χ4n) is 3.06. The van der Waals surface area contributed by atoms with E-state index in [0.717, 1.165) is 40.4 Å². The molecule has 0 atom stereocenters. The number of fused-ring (bicyclic) bond motifs is 1. The van der Waals surface area contributed by atoms with Gasteiger partial charge in [-0.05, 0) is 43.7 Å². The number of aromatic nitrogens is 1. The molecule has 1 N–H and O–H groups in total. The lowest BCUT2D eigenvalue weighted by molar-refractivity contribution is -0.118. The minimum Gasteiger partial charge on any atom is -0.482 e. The van der Waals surface area contributed by atoms with E-state index < -0.39 is 0 Å². The van der Waals surface area contributed by atoms with Crippen LogP contribution in [0.15, 0.2) is 52.8 Å². The fourth-order valence-corrected chi connectivity index (χ4v) is 4.02. The van der Waals surface area contributed by atoms with Crippen LogP contribution >= 0.6 is 11.3 Å². The zero-order chi connectivity index (χ0) is 18.8. The smallest absolute Gasteiger partial charge is 0.262 e. The summed E-state index contributed by atoms with van der Waals surface area (Å²) >= 11 is 1.63. The second kappa shape index (κ2) is 7.40. The Morgan fingerprint density at radius 1 is 1.22 bits per heavy atom. The third-order valence-electron chi connectivity index (χ3n) is 4.41. The van der Waals surface area contributed by atoms with Crippen molar-refractivity contribution in [3.8, 4) is 17.0 Å². The summed E-state index contributed by atoms with van der Waals surface area (Å²) in [7, 11) is 0. The van der Waals surface area contributed by atoms with Crippen LogP contribution < -0.4 is 14.9 Å². The first-order valence-electron chi connectivity index (χ1n) is 9.01. The molecule has 6 heteroatoms. The number of rotatable bonds is 4. The summed E-state index contributed by atoms with van der Waals surface area (Å²) in [6.07, 6.45) is 1.01. The Hall–Kier alpha value is -2.86. The van der Waals surface area contributed by atoms with Crippen LogP contribution in [0.25, 0.3) is 11.3 Å². The zero-order valence-corrected chi connectivity index (χ0v) is 16.2. The molecule has 0 unspecified atom stereocenters. The number of nitrogens with one attached hydrogen (secondary N) is 1. The van der Waals surface area contributed by atoms with Gasteiger partial charge in [0.2, 0.25) is 0 Å². The first-order valence-corrected chi connectivity index (χ1v) is 9.89. The minimum atomic E-state index is -0.124. The fraction of sp³-hybridized carbons (Fsp3) is 0.238. The molecular formula is C21H21N3O2S. The van der Waals surface area contributed by atoms with E-state index in [9.17, 15) is 4.79 Å². The number of benzene rings is 2. The van der Waals surface area contributed by atoms with E-state index >= 15 is 0 Å². The van der Waals surface area contributed by atoms with Crippen LogP contribution in [0, 0.1) is 6.92 Å². The number of ether oxygens (including phenoxy) is 1. The Morgan fingerprint density at radius 2 is 2.04 bits per heavy atom. The lowest BCUT2D eigenvalue weighted by atomic mass is 10.1. The van der Waals surface area contributed by atoms with Gasteiger partial charge >= 0.3 is 0 Å². The Kier molecular flexibility index (Phi) is 4.81. The molecule has 1 aliphatic heterocycles. The number of nitrogens with zero attached hydrogens (tertiary/aromatic N) is 2. The Morgan fingerprint density at radius 3 is 2.81 bits per heavy atom. The van der Waals surface area contributed by atoms with Crippen LogP contribution in [-0.2, 0) is 11.3 Å². The molecule has 4 rings (SSSR count). The molecule has 5 nitrogen and oxygen atoms in total. The molecule has 138 valence electrons. The molecular weight excluding hydrogens is 358 g/mol. The van der Waals surface area contributed by atoms with E-state index in [2.05, 4.69) is 41.2 Å². The van der Waals surface area contributed by atoms with Gasteiger partial charge in [0.15, 0.2) is 11.4 Å². The summed E-state index contributed by atoms with van der Waals surface area (Å²) in [5, 5.41) is 5.00. The van der Waals surface area contributed by atoms with Gasteiger partial charge in [-0.15, -0.1) is 11.3 Å². The Labute approximate surface area is 162 Å². The van der Waals surface area contributed by atoms with Crippen LogP contribution in [0.2, 0.25) is 0 Å². The number of carbonyl (C=O) groups excluding carboxylic acids is 1. The van der Waals surface area contributed by atoms with Crippen molar-refractivity contribution in [2.24, 2.45) is 4.99 Å². The highest BCUT2D eigenvalue weighted by Crippen LogP contribution is 2.33. The van der Waals surface area contributed by atoms with E-state index in [1.54, 1.807) is 11.3 Å². The first kappa shape index (κ1) is 17.5. The highest BCUT2D eigenvalue weighted by atomic mass is 32.1. The third kappa shape index (κ3) is 3.66. The molecule has 3 aromatic rings. The number of thiazole rings is 1. The molecule has 1 amide bonds. The molecule has 0 spiro atoms. The van der Waals surface area contributed by atoms with Crippen molar-refractivity contribution in [3.63, 3.8) is 0 Å². The molecule has 0 saturated carbocycles. The molecule has 0 bridgehead atoms. The number of amides is 1.